The minimum Gasteiger partial charge on any atom is -0.355 e. The molecular weight excluding hydrogens is 220 g/mol. The Labute approximate surface area is 113 Å². The number of allylic oxidation sites excluding steroid dienone is 3. The van der Waals surface area contributed by atoms with Crippen LogP contribution in [0.4, 0.5) is 0 Å². The molecule has 2 heteroatoms. The van der Waals surface area contributed by atoms with Crippen molar-refractivity contribution < 1.29 is 0 Å². The molecule has 0 bridgehead atoms. The van der Waals surface area contributed by atoms with E-state index < -0.39 is 0 Å². The van der Waals surface area contributed by atoms with Crippen LogP contribution < -0.4 is 0 Å². The van der Waals surface area contributed by atoms with Gasteiger partial charge in [-0.2, -0.15) is 0 Å². The van der Waals surface area contributed by atoms with Crippen LogP contribution in [0.25, 0.3) is 0 Å². The average molecular weight is 248 g/mol. The van der Waals surface area contributed by atoms with Crippen LogP contribution in [0, 0.1) is 5.92 Å². The van der Waals surface area contributed by atoms with E-state index in [1.807, 2.05) is 6.20 Å². The van der Waals surface area contributed by atoms with Gasteiger partial charge in [-0.15, -0.1) is 0 Å². The lowest BCUT2D eigenvalue weighted by atomic mass is 10.0. The van der Waals surface area contributed by atoms with Crippen LogP contribution in [0.15, 0.2) is 36.8 Å². The Morgan fingerprint density at radius 2 is 2.11 bits per heavy atom. The summed E-state index contributed by atoms with van der Waals surface area (Å²) in [7, 11) is 2.08. The normalized spacial score (nSPS) is 24.9. The van der Waals surface area contributed by atoms with Crippen LogP contribution in [0.1, 0.15) is 40.0 Å². The first-order chi connectivity index (χ1) is 8.67. The Morgan fingerprint density at radius 3 is 2.61 bits per heavy atom. The molecule has 0 N–H and O–H groups in total. The second-order valence-electron chi connectivity index (χ2n) is 5.07. The van der Waals surface area contributed by atoms with Crippen molar-refractivity contribution in [2.45, 2.75) is 46.1 Å². The minimum absolute atomic E-state index is 0.675. The molecule has 0 aliphatic carbocycles. The van der Waals surface area contributed by atoms with Crippen molar-refractivity contribution in [1.29, 1.82) is 0 Å². The molecule has 1 aliphatic rings. The van der Waals surface area contributed by atoms with E-state index in [-0.39, 0.29) is 0 Å². The summed E-state index contributed by atoms with van der Waals surface area (Å²) in [6.07, 6.45) is 12.1. The zero-order chi connectivity index (χ0) is 13.5. The van der Waals surface area contributed by atoms with Gasteiger partial charge < -0.3 is 9.80 Å². The van der Waals surface area contributed by atoms with Gasteiger partial charge in [0.1, 0.15) is 5.82 Å². The fourth-order valence-electron chi connectivity index (χ4n) is 2.67. The summed E-state index contributed by atoms with van der Waals surface area (Å²) in [5.41, 5.74) is 0. The maximum absolute atomic E-state index is 3.89. The predicted molar refractivity (Wildman–Crippen MR) is 80.0 cm³/mol. The maximum atomic E-state index is 3.89. The third kappa shape index (κ3) is 3.41. The standard InChI is InChI=1S/C16H28N2/c1-6-10-11-16(17(5)9-4)18-13-14(7-2)12-15(18)8-3/h6,9-11,14-15H,4,7-8,12-13H2,1-3,5H3/b10-6-,16-11+. The van der Waals surface area contributed by atoms with Gasteiger partial charge in [-0.1, -0.05) is 39.0 Å². The summed E-state index contributed by atoms with van der Waals surface area (Å²) in [5, 5.41) is 0. The van der Waals surface area contributed by atoms with Crippen molar-refractivity contribution in [1.82, 2.24) is 9.80 Å². The number of hydrogen-bond acceptors (Lipinski definition) is 2. The van der Waals surface area contributed by atoms with Gasteiger partial charge in [-0.3, -0.25) is 0 Å². The molecule has 0 radical (unpaired) electrons. The van der Waals surface area contributed by atoms with E-state index in [2.05, 4.69) is 62.4 Å². The molecule has 0 aromatic carbocycles. The Kier molecular flexibility index (Phi) is 6.03. The largest absolute Gasteiger partial charge is 0.355 e. The smallest absolute Gasteiger partial charge is 0.108 e. The van der Waals surface area contributed by atoms with E-state index in [4.69, 9.17) is 0 Å². The molecule has 1 aliphatic heterocycles. The van der Waals surface area contributed by atoms with E-state index in [0.29, 0.717) is 6.04 Å². The summed E-state index contributed by atoms with van der Waals surface area (Å²) in [5.74, 6) is 2.10. The lowest BCUT2D eigenvalue weighted by Gasteiger charge is -2.33. The molecule has 102 valence electrons. The highest BCUT2D eigenvalue weighted by Crippen LogP contribution is 2.31. The van der Waals surface area contributed by atoms with Crippen molar-refractivity contribution in [3.8, 4) is 0 Å². The summed E-state index contributed by atoms with van der Waals surface area (Å²) < 4.78 is 0. The average Bonchev–Trinajstić information content (AvgIpc) is 2.82. The minimum atomic E-state index is 0.675. The molecule has 2 atom stereocenters. The van der Waals surface area contributed by atoms with Crippen LogP contribution in [0.2, 0.25) is 0 Å². The van der Waals surface area contributed by atoms with Crippen LogP contribution in [-0.4, -0.2) is 29.4 Å². The highest BCUT2D eigenvalue weighted by atomic mass is 15.3. The maximum Gasteiger partial charge on any atom is 0.108 e. The highest BCUT2D eigenvalue weighted by Gasteiger charge is 2.31. The van der Waals surface area contributed by atoms with E-state index in [1.165, 1.54) is 31.6 Å². The Balaban J connectivity index is 2.93. The Morgan fingerprint density at radius 1 is 1.39 bits per heavy atom. The van der Waals surface area contributed by atoms with Gasteiger partial charge in [0.2, 0.25) is 0 Å². The zero-order valence-electron chi connectivity index (χ0n) is 12.4. The molecule has 1 saturated heterocycles. The zero-order valence-corrected chi connectivity index (χ0v) is 12.4. The molecule has 0 spiro atoms. The predicted octanol–water partition coefficient (Wildman–Crippen LogP) is 3.99. The van der Waals surface area contributed by atoms with Gasteiger partial charge in [0.15, 0.2) is 0 Å². The van der Waals surface area contributed by atoms with Gasteiger partial charge in [0.25, 0.3) is 0 Å². The third-order valence-corrected chi connectivity index (χ3v) is 3.92. The highest BCUT2D eigenvalue weighted by molar-refractivity contribution is 5.14. The second kappa shape index (κ2) is 7.30. The Hall–Kier alpha value is -1.18. The molecule has 1 rings (SSSR count). The quantitative estimate of drug-likeness (QED) is 0.656. The molecule has 0 amide bonds. The number of likely N-dealkylation sites (tertiary alicyclic amines) is 1. The molecular formula is C16H28N2. The third-order valence-electron chi connectivity index (χ3n) is 3.92. The molecule has 1 heterocycles. The van der Waals surface area contributed by atoms with E-state index in [1.54, 1.807) is 0 Å². The summed E-state index contributed by atoms with van der Waals surface area (Å²) in [6.45, 7) is 11.7. The fourth-order valence-corrected chi connectivity index (χ4v) is 2.67. The SMILES string of the molecule is C=CN(C)/C(=C\C=C/C)N1CC(CC)CC1CC. The molecule has 2 unspecified atom stereocenters. The summed E-state index contributed by atoms with van der Waals surface area (Å²) >= 11 is 0. The van der Waals surface area contributed by atoms with Crippen molar-refractivity contribution in [3.63, 3.8) is 0 Å². The first-order valence-electron chi connectivity index (χ1n) is 7.12. The topological polar surface area (TPSA) is 6.48 Å². The lowest BCUT2D eigenvalue weighted by molar-refractivity contribution is 0.245. The molecule has 1 fully saturated rings. The molecule has 18 heavy (non-hydrogen) atoms. The summed E-state index contributed by atoms with van der Waals surface area (Å²) in [4.78, 5) is 4.68. The van der Waals surface area contributed by atoms with Crippen LogP contribution >= 0.6 is 0 Å². The molecule has 0 aromatic heterocycles. The first-order valence-corrected chi connectivity index (χ1v) is 7.12. The van der Waals surface area contributed by atoms with Gasteiger partial charge in [-0.25, -0.2) is 0 Å². The second-order valence-corrected chi connectivity index (χ2v) is 5.07. The van der Waals surface area contributed by atoms with Gasteiger partial charge in [0.05, 0.1) is 0 Å². The van der Waals surface area contributed by atoms with Gasteiger partial charge in [0, 0.05) is 19.6 Å². The summed E-state index contributed by atoms with van der Waals surface area (Å²) in [6, 6.07) is 0.675. The number of nitrogens with zero attached hydrogens (tertiary/aromatic N) is 2. The molecule has 0 aromatic rings. The van der Waals surface area contributed by atoms with Gasteiger partial charge >= 0.3 is 0 Å². The van der Waals surface area contributed by atoms with Crippen LogP contribution in [-0.2, 0) is 0 Å². The molecule has 2 nitrogen and oxygen atoms in total. The van der Waals surface area contributed by atoms with Crippen LogP contribution in [0.5, 0.6) is 0 Å². The van der Waals surface area contributed by atoms with Crippen molar-refractivity contribution in [2.75, 3.05) is 13.6 Å². The number of rotatable bonds is 6. The van der Waals surface area contributed by atoms with Crippen molar-refractivity contribution in [2.24, 2.45) is 5.92 Å². The number of hydrogen-bond donors (Lipinski definition) is 0. The fraction of sp³-hybridized carbons (Fsp3) is 0.625. The monoisotopic (exact) mass is 248 g/mol. The van der Waals surface area contributed by atoms with E-state index in [9.17, 15) is 0 Å². The van der Waals surface area contributed by atoms with Gasteiger partial charge in [-0.05, 0) is 38.0 Å². The first kappa shape index (κ1) is 14.9. The van der Waals surface area contributed by atoms with Crippen molar-refractivity contribution >= 4 is 0 Å². The van der Waals surface area contributed by atoms with Crippen molar-refractivity contribution in [3.05, 3.63) is 36.8 Å². The van der Waals surface area contributed by atoms with E-state index >= 15 is 0 Å². The Bertz CT molecular complexity index is 317. The molecule has 0 saturated carbocycles. The van der Waals surface area contributed by atoms with E-state index in [0.717, 1.165) is 5.92 Å². The lowest BCUT2D eigenvalue weighted by Crippen LogP contribution is -2.34. The van der Waals surface area contributed by atoms with Crippen LogP contribution in [0.3, 0.4) is 0 Å².